The van der Waals surface area contributed by atoms with E-state index in [0.29, 0.717) is 25.3 Å². The maximum atomic E-state index is 12.6. The molecule has 5 nitrogen and oxygen atoms in total. The van der Waals surface area contributed by atoms with Gasteiger partial charge in [-0.1, -0.05) is 18.2 Å². The third-order valence-corrected chi connectivity index (χ3v) is 3.64. The van der Waals surface area contributed by atoms with Gasteiger partial charge in [0, 0.05) is 31.0 Å². The van der Waals surface area contributed by atoms with Gasteiger partial charge in [-0.05, 0) is 18.2 Å². The van der Waals surface area contributed by atoms with E-state index in [1.165, 1.54) is 18.2 Å². The molecule has 1 aromatic heterocycles. The number of benzene rings is 1. The summed E-state index contributed by atoms with van der Waals surface area (Å²) in [6, 6.07) is 9.21. The third-order valence-electron chi connectivity index (χ3n) is 3.64. The number of alkyl halides is 3. The first-order valence-corrected chi connectivity index (χ1v) is 7.76. The number of hydrogen-bond acceptors (Lipinski definition) is 5. The molecule has 2 unspecified atom stereocenters. The molecule has 8 heteroatoms. The zero-order valence-electron chi connectivity index (χ0n) is 13.2. The fraction of sp³-hybridized carbons (Fsp3) is 0.353. The van der Waals surface area contributed by atoms with Crippen LogP contribution in [-0.4, -0.2) is 37.1 Å². The Morgan fingerprint density at radius 3 is 2.60 bits per heavy atom. The van der Waals surface area contributed by atoms with Crippen LogP contribution in [0.25, 0.3) is 0 Å². The van der Waals surface area contributed by atoms with Crippen LogP contribution in [-0.2, 0) is 4.74 Å². The standard InChI is InChI=1S/C17H17F3N2O3/c18-17(19,20)25-14-6-2-1-5-13(14)24-16(12-4-3-7-21-10-12)15-11-22-8-9-23-15/h1-7,10,15-16,22H,8-9,11H2. The van der Waals surface area contributed by atoms with Crippen molar-refractivity contribution in [3.63, 3.8) is 0 Å². The minimum absolute atomic E-state index is 0.0112. The van der Waals surface area contributed by atoms with Crippen molar-refractivity contribution < 1.29 is 27.4 Å². The summed E-state index contributed by atoms with van der Waals surface area (Å²) in [4.78, 5) is 4.06. The normalized spacial score (nSPS) is 19.2. The zero-order valence-corrected chi connectivity index (χ0v) is 13.2. The van der Waals surface area contributed by atoms with E-state index in [1.54, 1.807) is 30.6 Å². The Hall–Kier alpha value is -2.32. The second-order valence-electron chi connectivity index (χ2n) is 5.43. The lowest BCUT2D eigenvalue weighted by atomic mass is 10.1. The Labute approximate surface area is 142 Å². The van der Waals surface area contributed by atoms with Crippen molar-refractivity contribution >= 4 is 0 Å². The van der Waals surface area contributed by atoms with E-state index in [9.17, 15) is 13.2 Å². The maximum absolute atomic E-state index is 12.6. The molecule has 2 heterocycles. The van der Waals surface area contributed by atoms with Gasteiger partial charge < -0.3 is 19.5 Å². The summed E-state index contributed by atoms with van der Waals surface area (Å²) in [5, 5.41) is 3.19. The average Bonchev–Trinajstić information content (AvgIpc) is 2.61. The molecule has 1 aliphatic heterocycles. The number of nitrogens with zero attached hydrogens (tertiary/aromatic N) is 1. The summed E-state index contributed by atoms with van der Waals surface area (Å²) < 4.78 is 53.5. The third kappa shape index (κ3) is 4.83. The molecule has 0 bridgehead atoms. The molecule has 1 aliphatic rings. The van der Waals surface area contributed by atoms with E-state index < -0.39 is 18.2 Å². The quantitative estimate of drug-likeness (QED) is 0.894. The van der Waals surface area contributed by atoms with E-state index in [4.69, 9.17) is 9.47 Å². The van der Waals surface area contributed by atoms with Crippen LogP contribution < -0.4 is 14.8 Å². The topological polar surface area (TPSA) is 52.6 Å². The molecule has 1 saturated heterocycles. The molecular formula is C17H17F3N2O3. The Morgan fingerprint density at radius 1 is 1.16 bits per heavy atom. The summed E-state index contributed by atoms with van der Waals surface area (Å²) in [5.74, 6) is -0.407. The van der Waals surface area contributed by atoms with Crippen molar-refractivity contribution in [2.45, 2.75) is 18.6 Å². The highest BCUT2D eigenvalue weighted by atomic mass is 19.4. The lowest BCUT2D eigenvalue weighted by molar-refractivity contribution is -0.275. The number of ether oxygens (including phenoxy) is 3. The molecule has 1 aromatic carbocycles. The van der Waals surface area contributed by atoms with Crippen LogP contribution in [0.4, 0.5) is 13.2 Å². The molecule has 134 valence electrons. The molecule has 0 amide bonds. The van der Waals surface area contributed by atoms with Crippen molar-refractivity contribution in [1.82, 2.24) is 10.3 Å². The number of rotatable bonds is 5. The minimum Gasteiger partial charge on any atom is -0.479 e. The van der Waals surface area contributed by atoms with Gasteiger partial charge in [0.1, 0.15) is 6.10 Å². The number of pyridine rings is 1. The second kappa shape index (κ2) is 7.71. The summed E-state index contributed by atoms with van der Waals surface area (Å²) in [7, 11) is 0. The average molecular weight is 354 g/mol. The Morgan fingerprint density at radius 2 is 1.96 bits per heavy atom. The van der Waals surface area contributed by atoms with Crippen molar-refractivity contribution in [3.8, 4) is 11.5 Å². The predicted octanol–water partition coefficient (Wildman–Crippen LogP) is 3.09. The summed E-state index contributed by atoms with van der Waals surface area (Å²) in [6.07, 6.45) is -2.57. The van der Waals surface area contributed by atoms with E-state index in [2.05, 4.69) is 15.0 Å². The lowest BCUT2D eigenvalue weighted by Gasteiger charge is -2.31. The first-order valence-electron chi connectivity index (χ1n) is 7.76. The molecule has 1 fully saturated rings. The Balaban J connectivity index is 1.88. The zero-order chi connectivity index (χ0) is 17.7. The SMILES string of the molecule is FC(F)(F)Oc1ccccc1OC(c1cccnc1)C1CNCCO1. The molecule has 0 spiro atoms. The summed E-state index contributed by atoms with van der Waals surface area (Å²) in [5.41, 5.74) is 0.706. The highest BCUT2D eigenvalue weighted by Gasteiger charge is 2.34. The molecule has 0 saturated carbocycles. The van der Waals surface area contributed by atoms with Gasteiger partial charge in [-0.15, -0.1) is 13.2 Å². The van der Waals surface area contributed by atoms with Crippen LogP contribution in [0, 0.1) is 0 Å². The molecule has 3 rings (SSSR count). The van der Waals surface area contributed by atoms with E-state index in [1.807, 2.05) is 0 Å². The van der Waals surface area contributed by atoms with Crippen molar-refractivity contribution in [2.24, 2.45) is 0 Å². The van der Waals surface area contributed by atoms with Crippen molar-refractivity contribution in [2.75, 3.05) is 19.7 Å². The molecule has 1 N–H and O–H groups in total. The maximum Gasteiger partial charge on any atom is 0.573 e. The van der Waals surface area contributed by atoms with E-state index in [0.717, 1.165) is 0 Å². The minimum atomic E-state index is -4.80. The van der Waals surface area contributed by atoms with Gasteiger partial charge in [0.25, 0.3) is 0 Å². The van der Waals surface area contributed by atoms with Gasteiger partial charge in [0.15, 0.2) is 17.6 Å². The van der Waals surface area contributed by atoms with Gasteiger partial charge in [0.2, 0.25) is 0 Å². The molecule has 2 atom stereocenters. The monoisotopic (exact) mass is 354 g/mol. The second-order valence-corrected chi connectivity index (χ2v) is 5.43. The van der Waals surface area contributed by atoms with Crippen LogP contribution >= 0.6 is 0 Å². The van der Waals surface area contributed by atoms with Crippen LogP contribution in [0.15, 0.2) is 48.8 Å². The number of para-hydroxylation sites is 2. The molecule has 2 aromatic rings. The van der Waals surface area contributed by atoms with Gasteiger partial charge in [-0.2, -0.15) is 0 Å². The van der Waals surface area contributed by atoms with Gasteiger partial charge in [-0.3, -0.25) is 4.98 Å². The molecular weight excluding hydrogens is 337 g/mol. The first-order chi connectivity index (χ1) is 12.0. The Bertz CT molecular complexity index is 676. The fourth-order valence-electron chi connectivity index (χ4n) is 2.58. The van der Waals surface area contributed by atoms with Crippen molar-refractivity contribution in [1.29, 1.82) is 0 Å². The highest BCUT2D eigenvalue weighted by molar-refractivity contribution is 5.40. The smallest absolute Gasteiger partial charge is 0.479 e. The summed E-state index contributed by atoms with van der Waals surface area (Å²) >= 11 is 0. The summed E-state index contributed by atoms with van der Waals surface area (Å²) in [6.45, 7) is 1.72. The lowest BCUT2D eigenvalue weighted by Crippen LogP contribution is -2.43. The van der Waals surface area contributed by atoms with Crippen molar-refractivity contribution in [3.05, 3.63) is 54.4 Å². The van der Waals surface area contributed by atoms with Gasteiger partial charge >= 0.3 is 6.36 Å². The number of morpholine rings is 1. The fourth-order valence-corrected chi connectivity index (χ4v) is 2.58. The van der Waals surface area contributed by atoms with Crippen LogP contribution in [0.3, 0.4) is 0 Å². The number of hydrogen-bond donors (Lipinski definition) is 1. The van der Waals surface area contributed by atoms with Crippen LogP contribution in [0.2, 0.25) is 0 Å². The predicted molar refractivity (Wildman–Crippen MR) is 83.3 cm³/mol. The largest absolute Gasteiger partial charge is 0.573 e. The number of aromatic nitrogens is 1. The molecule has 0 aliphatic carbocycles. The van der Waals surface area contributed by atoms with Gasteiger partial charge in [-0.25, -0.2) is 0 Å². The van der Waals surface area contributed by atoms with Crippen LogP contribution in [0.1, 0.15) is 11.7 Å². The number of halogens is 3. The van der Waals surface area contributed by atoms with E-state index in [-0.39, 0.29) is 11.9 Å². The van der Waals surface area contributed by atoms with Crippen LogP contribution in [0.5, 0.6) is 11.5 Å². The molecule has 25 heavy (non-hydrogen) atoms. The van der Waals surface area contributed by atoms with E-state index >= 15 is 0 Å². The first kappa shape index (κ1) is 17.5. The Kier molecular flexibility index (Phi) is 5.40. The number of nitrogens with one attached hydrogen (secondary N) is 1. The molecule has 0 radical (unpaired) electrons. The van der Waals surface area contributed by atoms with Gasteiger partial charge in [0.05, 0.1) is 6.61 Å². The highest BCUT2D eigenvalue weighted by Crippen LogP contribution is 2.36.